The Bertz CT molecular complexity index is 517. The Kier molecular flexibility index (Phi) is 3.69. The third kappa shape index (κ3) is 2.74. The molecule has 0 amide bonds. The van der Waals surface area contributed by atoms with E-state index in [-0.39, 0.29) is 0 Å². The first kappa shape index (κ1) is 12.5. The lowest BCUT2D eigenvalue weighted by Gasteiger charge is -2.14. The van der Waals surface area contributed by atoms with Crippen molar-refractivity contribution in [1.29, 1.82) is 0 Å². The minimum absolute atomic E-state index is 0.599. The number of fused-ring (bicyclic) bond motifs is 1. The lowest BCUT2D eigenvalue weighted by Crippen LogP contribution is -2.29. The van der Waals surface area contributed by atoms with Crippen molar-refractivity contribution in [3.63, 3.8) is 0 Å². The quantitative estimate of drug-likeness (QED) is 0.867. The SMILES string of the molecule is CCCn1cccc1CNC1Cc2ccccc2C1. The van der Waals surface area contributed by atoms with Crippen molar-refractivity contribution in [2.45, 2.75) is 45.3 Å². The summed E-state index contributed by atoms with van der Waals surface area (Å²) in [4.78, 5) is 0. The molecule has 2 nitrogen and oxygen atoms in total. The summed E-state index contributed by atoms with van der Waals surface area (Å²) in [7, 11) is 0. The summed E-state index contributed by atoms with van der Waals surface area (Å²) in [6.45, 7) is 4.32. The van der Waals surface area contributed by atoms with Gasteiger partial charge in [-0.3, -0.25) is 0 Å². The fourth-order valence-corrected chi connectivity index (χ4v) is 3.02. The van der Waals surface area contributed by atoms with E-state index in [0.29, 0.717) is 6.04 Å². The Labute approximate surface area is 115 Å². The van der Waals surface area contributed by atoms with Crippen molar-refractivity contribution in [2.24, 2.45) is 0 Å². The first-order valence-electron chi connectivity index (χ1n) is 7.31. The van der Waals surface area contributed by atoms with E-state index in [1.165, 1.54) is 36.1 Å². The number of benzene rings is 1. The molecule has 1 aliphatic carbocycles. The van der Waals surface area contributed by atoms with Crippen molar-refractivity contribution in [3.8, 4) is 0 Å². The maximum absolute atomic E-state index is 3.71. The van der Waals surface area contributed by atoms with Crippen LogP contribution in [0.3, 0.4) is 0 Å². The predicted octanol–water partition coefficient (Wildman–Crippen LogP) is 3.16. The minimum atomic E-state index is 0.599. The summed E-state index contributed by atoms with van der Waals surface area (Å²) in [5, 5.41) is 3.71. The molecule has 1 N–H and O–H groups in total. The molecular formula is C17H22N2. The van der Waals surface area contributed by atoms with E-state index in [1.807, 2.05) is 0 Å². The smallest absolute Gasteiger partial charge is 0.0361 e. The molecule has 0 aliphatic heterocycles. The van der Waals surface area contributed by atoms with Gasteiger partial charge in [-0.15, -0.1) is 0 Å². The summed E-state index contributed by atoms with van der Waals surface area (Å²) in [6.07, 6.45) is 5.72. The fraction of sp³-hybridized carbons (Fsp3) is 0.412. The Hall–Kier alpha value is -1.54. The zero-order chi connectivity index (χ0) is 13.1. The third-order valence-corrected chi connectivity index (χ3v) is 4.01. The highest BCUT2D eigenvalue weighted by Crippen LogP contribution is 2.21. The highest BCUT2D eigenvalue weighted by atomic mass is 15.0. The van der Waals surface area contributed by atoms with Crippen LogP contribution in [-0.4, -0.2) is 10.6 Å². The van der Waals surface area contributed by atoms with Crippen LogP contribution < -0.4 is 5.32 Å². The van der Waals surface area contributed by atoms with Gasteiger partial charge in [-0.1, -0.05) is 31.2 Å². The van der Waals surface area contributed by atoms with Gasteiger partial charge in [-0.25, -0.2) is 0 Å². The highest BCUT2D eigenvalue weighted by molar-refractivity contribution is 5.33. The summed E-state index contributed by atoms with van der Waals surface area (Å²) >= 11 is 0. The molecule has 1 aliphatic rings. The maximum Gasteiger partial charge on any atom is 0.0361 e. The molecule has 0 fully saturated rings. The molecular weight excluding hydrogens is 232 g/mol. The topological polar surface area (TPSA) is 17.0 Å². The summed E-state index contributed by atoms with van der Waals surface area (Å²) < 4.78 is 2.36. The summed E-state index contributed by atoms with van der Waals surface area (Å²) in [5.74, 6) is 0. The molecule has 100 valence electrons. The van der Waals surface area contributed by atoms with Crippen LogP contribution in [0.5, 0.6) is 0 Å². The Morgan fingerprint density at radius 2 is 1.84 bits per heavy atom. The van der Waals surface area contributed by atoms with Crippen molar-refractivity contribution < 1.29 is 0 Å². The molecule has 2 aromatic rings. The number of nitrogens with zero attached hydrogens (tertiary/aromatic N) is 1. The molecule has 3 rings (SSSR count). The number of aromatic nitrogens is 1. The lowest BCUT2D eigenvalue weighted by molar-refractivity contribution is 0.511. The molecule has 0 radical (unpaired) electrons. The molecule has 0 spiro atoms. The average molecular weight is 254 g/mol. The van der Waals surface area contributed by atoms with Crippen LogP contribution in [0.15, 0.2) is 42.6 Å². The van der Waals surface area contributed by atoms with Crippen molar-refractivity contribution in [2.75, 3.05) is 0 Å². The average Bonchev–Trinajstić information content (AvgIpc) is 3.02. The van der Waals surface area contributed by atoms with Gasteiger partial charge in [0.2, 0.25) is 0 Å². The fourth-order valence-electron chi connectivity index (χ4n) is 3.02. The lowest BCUT2D eigenvalue weighted by atomic mass is 10.1. The van der Waals surface area contributed by atoms with Crippen LogP contribution in [0.25, 0.3) is 0 Å². The van der Waals surface area contributed by atoms with Gasteiger partial charge in [-0.05, 0) is 42.5 Å². The van der Waals surface area contributed by atoms with Crippen LogP contribution in [-0.2, 0) is 25.9 Å². The summed E-state index contributed by atoms with van der Waals surface area (Å²) in [5.41, 5.74) is 4.44. The normalized spacial score (nSPS) is 14.8. The second kappa shape index (κ2) is 5.62. The number of rotatable bonds is 5. The molecule has 2 heteroatoms. The van der Waals surface area contributed by atoms with Crippen LogP contribution in [0.2, 0.25) is 0 Å². The molecule has 19 heavy (non-hydrogen) atoms. The van der Waals surface area contributed by atoms with Gasteiger partial charge in [0.15, 0.2) is 0 Å². The summed E-state index contributed by atoms with van der Waals surface area (Å²) in [6, 6.07) is 13.8. The Morgan fingerprint density at radius 3 is 2.53 bits per heavy atom. The van der Waals surface area contributed by atoms with Crippen molar-refractivity contribution >= 4 is 0 Å². The van der Waals surface area contributed by atoms with E-state index in [2.05, 4.69) is 59.4 Å². The van der Waals surface area contributed by atoms with Gasteiger partial charge in [0.05, 0.1) is 0 Å². The van der Waals surface area contributed by atoms with Gasteiger partial charge >= 0.3 is 0 Å². The van der Waals surface area contributed by atoms with Crippen molar-refractivity contribution in [1.82, 2.24) is 9.88 Å². The molecule has 0 bridgehead atoms. The molecule has 1 aromatic carbocycles. The Morgan fingerprint density at radius 1 is 1.11 bits per heavy atom. The van der Waals surface area contributed by atoms with E-state index in [1.54, 1.807) is 0 Å². The second-order valence-corrected chi connectivity index (χ2v) is 5.45. The van der Waals surface area contributed by atoms with Gasteiger partial charge in [0, 0.05) is 31.0 Å². The van der Waals surface area contributed by atoms with Gasteiger partial charge in [-0.2, -0.15) is 0 Å². The van der Waals surface area contributed by atoms with Gasteiger partial charge in [0.1, 0.15) is 0 Å². The van der Waals surface area contributed by atoms with Gasteiger partial charge in [0.25, 0.3) is 0 Å². The number of hydrogen-bond donors (Lipinski definition) is 1. The number of nitrogens with one attached hydrogen (secondary N) is 1. The van der Waals surface area contributed by atoms with Crippen LogP contribution in [0.4, 0.5) is 0 Å². The third-order valence-electron chi connectivity index (χ3n) is 4.01. The van der Waals surface area contributed by atoms with E-state index in [9.17, 15) is 0 Å². The van der Waals surface area contributed by atoms with E-state index >= 15 is 0 Å². The van der Waals surface area contributed by atoms with Crippen LogP contribution in [0, 0.1) is 0 Å². The Balaban J connectivity index is 1.58. The zero-order valence-corrected chi connectivity index (χ0v) is 11.6. The van der Waals surface area contributed by atoms with E-state index in [4.69, 9.17) is 0 Å². The monoisotopic (exact) mass is 254 g/mol. The first-order chi connectivity index (χ1) is 9.36. The second-order valence-electron chi connectivity index (χ2n) is 5.45. The minimum Gasteiger partial charge on any atom is -0.350 e. The molecule has 0 saturated carbocycles. The largest absolute Gasteiger partial charge is 0.350 e. The predicted molar refractivity (Wildman–Crippen MR) is 79.2 cm³/mol. The molecule has 0 atom stereocenters. The standard InChI is InChI=1S/C17H22N2/c1-2-9-19-10-5-8-17(19)13-18-16-11-14-6-3-4-7-15(14)12-16/h3-8,10,16,18H,2,9,11-13H2,1H3. The van der Waals surface area contributed by atoms with Crippen molar-refractivity contribution in [3.05, 3.63) is 59.4 Å². The number of hydrogen-bond acceptors (Lipinski definition) is 1. The number of aryl methyl sites for hydroxylation is 1. The van der Waals surface area contributed by atoms with Crippen LogP contribution in [0.1, 0.15) is 30.2 Å². The molecule has 0 unspecified atom stereocenters. The van der Waals surface area contributed by atoms with Gasteiger partial charge < -0.3 is 9.88 Å². The molecule has 1 heterocycles. The van der Waals surface area contributed by atoms with E-state index < -0.39 is 0 Å². The maximum atomic E-state index is 3.71. The van der Waals surface area contributed by atoms with E-state index in [0.717, 1.165) is 13.1 Å². The van der Waals surface area contributed by atoms with Crippen LogP contribution >= 0.6 is 0 Å². The highest BCUT2D eigenvalue weighted by Gasteiger charge is 2.20. The zero-order valence-electron chi connectivity index (χ0n) is 11.6. The molecule has 1 aromatic heterocycles. The first-order valence-corrected chi connectivity index (χ1v) is 7.31. The molecule has 0 saturated heterocycles.